The van der Waals surface area contributed by atoms with Gasteiger partial charge in [-0.2, -0.15) is 0 Å². The van der Waals surface area contributed by atoms with Crippen molar-refractivity contribution in [3.63, 3.8) is 0 Å². The van der Waals surface area contributed by atoms with E-state index in [1.54, 1.807) is 6.07 Å². The van der Waals surface area contributed by atoms with Crippen LogP contribution in [0.5, 0.6) is 0 Å². The molecule has 2 aromatic rings. The molecule has 0 radical (unpaired) electrons. The van der Waals surface area contributed by atoms with Gasteiger partial charge in [-0.25, -0.2) is 4.98 Å². The summed E-state index contributed by atoms with van der Waals surface area (Å²) in [5, 5.41) is 3.48. The van der Waals surface area contributed by atoms with E-state index in [0.29, 0.717) is 23.3 Å². The Morgan fingerprint density at radius 2 is 2.24 bits per heavy atom. The Morgan fingerprint density at radius 1 is 1.48 bits per heavy atom. The molecule has 0 aliphatic heterocycles. The van der Waals surface area contributed by atoms with Crippen LogP contribution >= 0.6 is 11.3 Å². The van der Waals surface area contributed by atoms with Crippen molar-refractivity contribution in [2.24, 2.45) is 0 Å². The minimum absolute atomic E-state index is 0.0453. The third-order valence-electron chi connectivity index (χ3n) is 3.52. The number of thiazole rings is 1. The highest BCUT2D eigenvalue weighted by atomic mass is 32.1. The average Bonchev–Trinajstić information content (AvgIpc) is 2.81. The van der Waals surface area contributed by atoms with Gasteiger partial charge in [0.25, 0.3) is 5.91 Å². The summed E-state index contributed by atoms with van der Waals surface area (Å²) in [4.78, 5) is 18.5. The molecule has 0 aliphatic rings. The van der Waals surface area contributed by atoms with Crippen molar-refractivity contribution >= 4 is 32.6 Å². The Kier molecular flexibility index (Phi) is 5.14. The summed E-state index contributed by atoms with van der Waals surface area (Å²) in [7, 11) is 2.09. The molecule has 0 atom stereocenters. The van der Waals surface area contributed by atoms with Crippen LogP contribution in [0, 0.1) is 0 Å². The molecule has 21 heavy (non-hydrogen) atoms. The fourth-order valence-corrected chi connectivity index (χ4v) is 2.75. The average molecular weight is 306 g/mol. The number of aromatic nitrogens is 1. The zero-order valence-corrected chi connectivity index (χ0v) is 13.5. The van der Waals surface area contributed by atoms with E-state index in [0.717, 1.165) is 23.2 Å². The van der Waals surface area contributed by atoms with Crippen LogP contribution in [0.2, 0.25) is 0 Å². The Labute approximate surface area is 129 Å². The first-order chi connectivity index (χ1) is 9.97. The number of fused-ring (bicyclic) bond motifs is 1. The SMILES string of the molecule is CC(C)N(C)CCCNC(=O)c1ccc2nc(N)sc2c1. The highest BCUT2D eigenvalue weighted by molar-refractivity contribution is 7.22. The Hall–Kier alpha value is -1.66. The van der Waals surface area contributed by atoms with E-state index < -0.39 is 0 Å². The summed E-state index contributed by atoms with van der Waals surface area (Å²) in [6.45, 7) is 5.98. The molecule has 0 unspecified atom stereocenters. The molecule has 1 heterocycles. The molecule has 0 saturated carbocycles. The topological polar surface area (TPSA) is 71.2 Å². The van der Waals surface area contributed by atoms with Gasteiger partial charge in [-0.15, -0.1) is 0 Å². The zero-order chi connectivity index (χ0) is 15.4. The third-order valence-corrected chi connectivity index (χ3v) is 4.37. The molecule has 0 saturated heterocycles. The molecule has 1 aromatic heterocycles. The fourth-order valence-electron chi connectivity index (χ4n) is 1.97. The second kappa shape index (κ2) is 6.87. The lowest BCUT2D eigenvalue weighted by atomic mass is 10.2. The lowest BCUT2D eigenvalue weighted by molar-refractivity contribution is 0.0952. The second-order valence-corrected chi connectivity index (χ2v) is 6.48. The van der Waals surface area contributed by atoms with Crippen molar-refractivity contribution in [1.82, 2.24) is 15.2 Å². The van der Waals surface area contributed by atoms with Gasteiger partial charge in [0.15, 0.2) is 5.13 Å². The number of carbonyl (C=O) groups is 1. The van der Waals surface area contributed by atoms with Crippen molar-refractivity contribution in [1.29, 1.82) is 0 Å². The monoisotopic (exact) mass is 306 g/mol. The quantitative estimate of drug-likeness (QED) is 0.804. The van der Waals surface area contributed by atoms with Gasteiger partial charge in [0.2, 0.25) is 0 Å². The van der Waals surface area contributed by atoms with Gasteiger partial charge in [-0.05, 0) is 52.1 Å². The summed E-state index contributed by atoms with van der Waals surface area (Å²) in [6, 6.07) is 6.00. The van der Waals surface area contributed by atoms with Crippen molar-refractivity contribution in [3.8, 4) is 0 Å². The number of nitrogens with zero attached hydrogens (tertiary/aromatic N) is 2. The highest BCUT2D eigenvalue weighted by Crippen LogP contribution is 2.24. The first-order valence-electron chi connectivity index (χ1n) is 7.12. The van der Waals surface area contributed by atoms with Crippen molar-refractivity contribution in [2.75, 3.05) is 25.9 Å². The third kappa shape index (κ3) is 4.15. The summed E-state index contributed by atoms with van der Waals surface area (Å²) >= 11 is 1.40. The van der Waals surface area contributed by atoms with Crippen LogP contribution in [0.4, 0.5) is 5.13 Å². The predicted octanol–water partition coefficient (Wildman–Crippen LogP) is 2.34. The molecule has 0 aliphatic carbocycles. The Balaban J connectivity index is 1.87. The van der Waals surface area contributed by atoms with Gasteiger partial charge in [0, 0.05) is 18.2 Å². The number of nitrogens with one attached hydrogen (secondary N) is 1. The van der Waals surface area contributed by atoms with Crippen molar-refractivity contribution < 1.29 is 4.79 Å². The summed E-state index contributed by atoms with van der Waals surface area (Å²) in [5.74, 6) is -0.0453. The number of carbonyl (C=O) groups excluding carboxylic acids is 1. The first-order valence-corrected chi connectivity index (χ1v) is 7.93. The van der Waals surface area contributed by atoms with Gasteiger partial charge in [0.05, 0.1) is 10.2 Å². The molecule has 6 heteroatoms. The largest absolute Gasteiger partial charge is 0.375 e. The van der Waals surface area contributed by atoms with E-state index in [1.165, 1.54) is 11.3 Å². The lowest BCUT2D eigenvalue weighted by Crippen LogP contribution is -2.31. The number of benzene rings is 1. The molecular weight excluding hydrogens is 284 g/mol. The van der Waals surface area contributed by atoms with Gasteiger partial charge in [0.1, 0.15) is 0 Å². The van der Waals surface area contributed by atoms with Crippen molar-refractivity contribution in [2.45, 2.75) is 26.3 Å². The van der Waals surface area contributed by atoms with E-state index in [1.807, 2.05) is 12.1 Å². The molecule has 114 valence electrons. The van der Waals surface area contributed by atoms with Crippen LogP contribution in [0.15, 0.2) is 18.2 Å². The van der Waals surface area contributed by atoms with E-state index >= 15 is 0 Å². The molecule has 2 rings (SSSR count). The number of amides is 1. The maximum absolute atomic E-state index is 12.1. The van der Waals surface area contributed by atoms with Gasteiger partial charge >= 0.3 is 0 Å². The number of nitrogens with two attached hydrogens (primary N) is 1. The fraction of sp³-hybridized carbons (Fsp3) is 0.467. The van der Waals surface area contributed by atoms with Crippen molar-refractivity contribution in [3.05, 3.63) is 23.8 Å². The molecule has 5 nitrogen and oxygen atoms in total. The van der Waals surface area contributed by atoms with Crippen LogP contribution in [-0.2, 0) is 0 Å². The summed E-state index contributed by atoms with van der Waals surface area (Å²) < 4.78 is 0.944. The molecule has 0 spiro atoms. The van der Waals surface area contributed by atoms with Crippen LogP contribution < -0.4 is 11.1 Å². The first kappa shape index (κ1) is 15.7. The number of hydrogen-bond donors (Lipinski definition) is 2. The predicted molar refractivity (Wildman–Crippen MR) is 88.7 cm³/mol. The van der Waals surface area contributed by atoms with Crippen LogP contribution in [0.25, 0.3) is 10.2 Å². The molecular formula is C15H22N4OS. The van der Waals surface area contributed by atoms with E-state index in [4.69, 9.17) is 5.73 Å². The smallest absolute Gasteiger partial charge is 0.251 e. The molecule has 3 N–H and O–H groups in total. The highest BCUT2D eigenvalue weighted by Gasteiger charge is 2.09. The van der Waals surface area contributed by atoms with Gasteiger partial charge in [-0.1, -0.05) is 11.3 Å². The second-order valence-electron chi connectivity index (χ2n) is 5.42. The molecule has 0 fully saturated rings. The minimum atomic E-state index is -0.0453. The van der Waals surface area contributed by atoms with E-state index in [9.17, 15) is 4.79 Å². The molecule has 1 aromatic carbocycles. The Bertz CT molecular complexity index is 623. The maximum atomic E-state index is 12.1. The van der Waals surface area contributed by atoms with Crippen LogP contribution in [0.1, 0.15) is 30.6 Å². The van der Waals surface area contributed by atoms with E-state index in [-0.39, 0.29) is 5.91 Å². The Morgan fingerprint density at radius 3 is 2.95 bits per heavy atom. The minimum Gasteiger partial charge on any atom is -0.375 e. The summed E-state index contributed by atoms with van der Waals surface area (Å²) in [5.41, 5.74) is 7.17. The zero-order valence-electron chi connectivity index (χ0n) is 12.7. The number of nitrogen functional groups attached to an aromatic ring is 1. The van der Waals surface area contributed by atoms with Crippen LogP contribution in [0.3, 0.4) is 0 Å². The van der Waals surface area contributed by atoms with Crippen LogP contribution in [-0.4, -0.2) is 42.0 Å². The van der Waals surface area contributed by atoms with Gasteiger partial charge < -0.3 is 16.0 Å². The molecule has 1 amide bonds. The standard InChI is InChI=1S/C15H22N4OS/c1-10(2)19(3)8-4-7-17-14(20)11-5-6-12-13(9-11)21-15(16)18-12/h5-6,9-10H,4,7-8H2,1-3H3,(H2,16,18)(H,17,20). The summed E-state index contributed by atoms with van der Waals surface area (Å²) in [6.07, 6.45) is 0.941. The normalized spacial score (nSPS) is 11.5. The molecule has 0 bridgehead atoms. The number of hydrogen-bond acceptors (Lipinski definition) is 5. The maximum Gasteiger partial charge on any atom is 0.251 e. The van der Waals surface area contributed by atoms with Gasteiger partial charge in [-0.3, -0.25) is 4.79 Å². The number of anilines is 1. The van der Waals surface area contributed by atoms with E-state index in [2.05, 4.69) is 36.1 Å². The number of rotatable bonds is 6. The lowest BCUT2D eigenvalue weighted by Gasteiger charge is -2.20.